The fourth-order valence-electron chi connectivity index (χ4n) is 3.10. The third-order valence-corrected chi connectivity index (χ3v) is 4.35. The normalized spacial score (nSPS) is 23.5. The first kappa shape index (κ1) is 13.6. The molecule has 20 heavy (non-hydrogen) atoms. The van der Waals surface area contributed by atoms with Crippen LogP contribution in [0.1, 0.15) is 42.6 Å². The van der Waals surface area contributed by atoms with Crippen LogP contribution in [0.5, 0.6) is 0 Å². The molecule has 0 aromatic heterocycles. The minimum Gasteiger partial charge on any atom is -0.386 e. The summed E-state index contributed by atoms with van der Waals surface area (Å²) in [6.07, 6.45) is 2.18. The largest absolute Gasteiger partial charge is 0.386 e. The maximum absolute atomic E-state index is 11.5. The second-order valence-electron chi connectivity index (χ2n) is 5.72. The summed E-state index contributed by atoms with van der Waals surface area (Å²) in [7, 11) is 0. The molecular weight excluding hydrogens is 254 g/mol. The lowest BCUT2D eigenvalue weighted by molar-refractivity contribution is -0.129. The molecule has 3 rings (SSSR count). The number of hydrogen-bond donors (Lipinski definition) is 1. The smallest absolute Gasteiger partial charge is 0.219 e. The molecule has 0 saturated carbocycles. The van der Waals surface area contributed by atoms with Gasteiger partial charge in [0.25, 0.3) is 0 Å². The van der Waals surface area contributed by atoms with Gasteiger partial charge in [0, 0.05) is 26.6 Å². The lowest BCUT2D eigenvalue weighted by atomic mass is 9.93. The second-order valence-corrected chi connectivity index (χ2v) is 5.72. The van der Waals surface area contributed by atoms with Crippen molar-refractivity contribution in [1.82, 2.24) is 4.90 Å². The Hall–Kier alpha value is -1.39. The van der Waals surface area contributed by atoms with E-state index in [-0.39, 0.29) is 12.0 Å². The number of aliphatic hydroxyl groups is 1. The van der Waals surface area contributed by atoms with Crippen molar-refractivity contribution in [2.75, 3.05) is 13.2 Å². The van der Waals surface area contributed by atoms with Crippen molar-refractivity contribution >= 4 is 5.91 Å². The molecule has 1 aromatic carbocycles. The van der Waals surface area contributed by atoms with Crippen molar-refractivity contribution in [2.24, 2.45) is 0 Å². The number of amides is 1. The van der Waals surface area contributed by atoms with Crippen LogP contribution in [0.4, 0.5) is 0 Å². The highest BCUT2D eigenvalue weighted by molar-refractivity contribution is 5.73. The van der Waals surface area contributed by atoms with Crippen LogP contribution in [0, 0.1) is 0 Å². The Balaban J connectivity index is 1.81. The summed E-state index contributed by atoms with van der Waals surface area (Å²) in [5, 5.41) is 10.4. The van der Waals surface area contributed by atoms with E-state index in [2.05, 4.69) is 6.07 Å². The van der Waals surface area contributed by atoms with E-state index in [0.717, 1.165) is 43.5 Å². The minimum atomic E-state index is -0.560. The quantitative estimate of drug-likeness (QED) is 0.895. The zero-order chi connectivity index (χ0) is 14.1. The van der Waals surface area contributed by atoms with Crippen LogP contribution in [-0.4, -0.2) is 35.2 Å². The number of ether oxygens (including phenoxy) is 1. The van der Waals surface area contributed by atoms with Gasteiger partial charge in [-0.05, 0) is 36.0 Å². The lowest BCUT2D eigenvalue weighted by Crippen LogP contribution is -2.34. The van der Waals surface area contributed by atoms with Crippen molar-refractivity contribution in [2.45, 2.75) is 44.9 Å². The number of hydrogen-bond acceptors (Lipinski definition) is 3. The lowest BCUT2D eigenvalue weighted by Gasteiger charge is -2.29. The zero-order valence-corrected chi connectivity index (χ0v) is 11.8. The molecule has 4 heteroatoms. The predicted molar refractivity (Wildman–Crippen MR) is 75.2 cm³/mol. The molecule has 108 valence electrons. The van der Waals surface area contributed by atoms with Gasteiger partial charge in [-0.3, -0.25) is 4.79 Å². The second kappa shape index (κ2) is 5.54. The summed E-state index contributed by atoms with van der Waals surface area (Å²) in [4.78, 5) is 13.3. The molecule has 0 spiro atoms. The van der Waals surface area contributed by atoms with E-state index in [1.807, 2.05) is 17.0 Å². The Morgan fingerprint density at radius 3 is 3.00 bits per heavy atom. The average molecular weight is 275 g/mol. The van der Waals surface area contributed by atoms with Gasteiger partial charge >= 0.3 is 0 Å². The van der Waals surface area contributed by atoms with E-state index in [4.69, 9.17) is 4.74 Å². The highest BCUT2D eigenvalue weighted by Gasteiger charge is 2.26. The highest BCUT2D eigenvalue weighted by atomic mass is 16.5. The molecule has 2 aliphatic heterocycles. The molecule has 2 heterocycles. The fraction of sp³-hybridized carbons (Fsp3) is 0.562. The molecule has 2 atom stereocenters. The number of aliphatic hydroxyl groups excluding tert-OH is 1. The molecular formula is C16H21NO3. The van der Waals surface area contributed by atoms with Crippen LogP contribution in [-0.2, 0) is 22.5 Å². The number of rotatable bonds is 2. The molecule has 1 fully saturated rings. The molecule has 0 bridgehead atoms. The number of benzene rings is 1. The summed E-state index contributed by atoms with van der Waals surface area (Å²) in [6, 6.07) is 6.12. The van der Waals surface area contributed by atoms with Crippen molar-refractivity contribution < 1.29 is 14.6 Å². The Morgan fingerprint density at radius 2 is 2.30 bits per heavy atom. The summed E-state index contributed by atoms with van der Waals surface area (Å²) >= 11 is 0. The third-order valence-electron chi connectivity index (χ3n) is 4.35. The first-order valence-corrected chi connectivity index (χ1v) is 7.32. The fourth-order valence-corrected chi connectivity index (χ4v) is 3.10. The van der Waals surface area contributed by atoms with Crippen molar-refractivity contribution in [1.29, 1.82) is 0 Å². The Bertz CT molecular complexity index is 508. The summed E-state index contributed by atoms with van der Waals surface area (Å²) in [5.74, 6) is 0.112. The van der Waals surface area contributed by atoms with Gasteiger partial charge in [0.15, 0.2) is 0 Å². The maximum atomic E-state index is 11.5. The van der Waals surface area contributed by atoms with Gasteiger partial charge in [-0.15, -0.1) is 0 Å². The van der Waals surface area contributed by atoms with Crippen LogP contribution in [0.25, 0.3) is 0 Å². The van der Waals surface area contributed by atoms with E-state index in [1.54, 1.807) is 6.92 Å². The Labute approximate surface area is 119 Å². The van der Waals surface area contributed by atoms with Crippen LogP contribution in [0.15, 0.2) is 18.2 Å². The van der Waals surface area contributed by atoms with Crippen molar-refractivity contribution in [3.63, 3.8) is 0 Å². The van der Waals surface area contributed by atoms with Crippen LogP contribution >= 0.6 is 0 Å². The van der Waals surface area contributed by atoms with Gasteiger partial charge in [0.1, 0.15) is 6.10 Å². The van der Waals surface area contributed by atoms with E-state index in [9.17, 15) is 9.90 Å². The molecule has 2 unspecified atom stereocenters. The van der Waals surface area contributed by atoms with Gasteiger partial charge in [-0.2, -0.15) is 0 Å². The van der Waals surface area contributed by atoms with Gasteiger partial charge in [-0.25, -0.2) is 0 Å². The third kappa shape index (κ3) is 2.58. The van der Waals surface area contributed by atoms with E-state index in [0.29, 0.717) is 6.54 Å². The molecule has 0 radical (unpaired) electrons. The van der Waals surface area contributed by atoms with Gasteiger partial charge in [0.05, 0.1) is 6.10 Å². The Morgan fingerprint density at radius 1 is 1.45 bits per heavy atom. The van der Waals surface area contributed by atoms with Gasteiger partial charge in [0.2, 0.25) is 5.91 Å². The first-order valence-electron chi connectivity index (χ1n) is 7.32. The number of carbonyl (C=O) groups is 1. The summed E-state index contributed by atoms with van der Waals surface area (Å²) in [6.45, 7) is 3.79. The number of nitrogens with zero attached hydrogens (tertiary/aromatic N) is 1. The molecule has 1 saturated heterocycles. The highest BCUT2D eigenvalue weighted by Crippen LogP contribution is 2.29. The van der Waals surface area contributed by atoms with Crippen LogP contribution in [0.3, 0.4) is 0 Å². The van der Waals surface area contributed by atoms with Crippen LogP contribution in [0.2, 0.25) is 0 Å². The molecule has 0 aliphatic carbocycles. The number of carbonyl (C=O) groups excluding carboxylic acids is 1. The zero-order valence-electron chi connectivity index (χ0n) is 11.8. The average Bonchev–Trinajstić information content (AvgIpc) is 2.99. The van der Waals surface area contributed by atoms with Gasteiger partial charge in [-0.1, -0.05) is 18.2 Å². The maximum Gasteiger partial charge on any atom is 0.219 e. The molecule has 1 N–H and O–H groups in total. The SMILES string of the molecule is CC(=O)N1CCc2ccc(C(O)C3CCCO3)cc2C1. The minimum absolute atomic E-state index is 0.0828. The molecule has 4 nitrogen and oxygen atoms in total. The van der Waals surface area contributed by atoms with Crippen LogP contribution < -0.4 is 0 Å². The standard InChI is InChI=1S/C16H21NO3/c1-11(18)17-7-6-12-4-5-13(9-14(12)10-17)16(19)15-3-2-8-20-15/h4-5,9,15-16,19H,2-3,6-8,10H2,1H3. The summed E-state index contributed by atoms with van der Waals surface area (Å²) in [5.41, 5.74) is 3.34. The summed E-state index contributed by atoms with van der Waals surface area (Å²) < 4.78 is 5.56. The molecule has 1 amide bonds. The van der Waals surface area contributed by atoms with Crippen molar-refractivity contribution in [3.05, 3.63) is 34.9 Å². The predicted octanol–water partition coefficient (Wildman–Crippen LogP) is 1.80. The van der Waals surface area contributed by atoms with Gasteiger partial charge < -0.3 is 14.7 Å². The van der Waals surface area contributed by atoms with Crippen molar-refractivity contribution in [3.8, 4) is 0 Å². The molecule has 2 aliphatic rings. The van der Waals surface area contributed by atoms with E-state index < -0.39 is 6.10 Å². The molecule has 1 aromatic rings. The number of fused-ring (bicyclic) bond motifs is 1. The Kier molecular flexibility index (Phi) is 3.76. The monoisotopic (exact) mass is 275 g/mol. The first-order chi connectivity index (χ1) is 9.65. The van der Waals surface area contributed by atoms with E-state index in [1.165, 1.54) is 5.56 Å². The van der Waals surface area contributed by atoms with E-state index >= 15 is 0 Å². The topological polar surface area (TPSA) is 49.8 Å².